The maximum absolute atomic E-state index is 11.2. The lowest BCUT2D eigenvalue weighted by atomic mass is 9.64. The molecule has 0 N–H and O–H groups in total. The van der Waals surface area contributed by atoms with Gasteiger partial charge in [-0.3, -0.25) is 4.79 Å². The molecule has 2 rings (SSSR count). The zero-order chi connectivity index (χ0) is 12.5. The standard InChI is InChI=1S/C14H15NO2/c1-3-17-12-4-5-13(10(2)6-12)14(9-15)7-11(16)8-14/h4-6H,3,7-8H2,1-2H3. The maximum Gasteiger partial charge on any atom is 0.136 e. The van der Waals surface area contributed by atoms with Crippen LogP contribution in [0.3, 0.4) is 0 Å². The molecule has 0 bridgehead atoms. The van der Waals surface area contributed by atoms with E-state index < -0.39 is 5.41 Å². The molecule has 0 unspecified atom stereocenters. The van der Waals surface area contributed by atoms with Crippen LogP contribution in [0.2, 0.25) is 0 Å². The van der Waals surface area contributed by atoms with Gasteiger partial charge in [0.05, 0.1) is 18.1 Å². The van der Waals surface area contributed by atoms with Crippen LogP contribution >= 0.6 is 0 Å². The van der Waals surface area contributed by atoms with Crippen molar-refractivity contribution in [2.45, 2.75) is 32.1 Å². The van der Waals surface area contributed by atoms with E-state index in [4.69, 9.17) is 4.74 Å². The molecule has 3 heteroatoms. The Morgan fingerprint density at radius 1 is 1.47 bits per heavy atom. The zero-order valence-electron chi connectivity index (χ0n) is 10.1. The molecular formula is C14H15NO2. The number of nitriles is 1. The smallest absolute Gasteiger partial charge is 0.136 e. The van der Waals surface area contributed by atoms with Crippen molar-refractivity contribution in [1.29, 1.82) is 5.26 Å². The minimum absolute atomic E-state index is 0.167. The molecule has 1 aromatic rings. The van der Waals surface area contributed by atoms with Crippen molar-refractivity contribution < 1.29 is 9.53 Å². The minimum atomic E-state index is -0.591. The van der Waals surface area contributed by atoms with Crippen molar-refractivity contribution in [1.82, 2.24) is 0 Å². The van der Waals surface area contributed by atoms with E-state index in [-0.39, 0.29) is 5.78 Å². The number of hydrogen-bond acceptors (Lipinski definition) is 3. The summed E-state index contributed by atoms with van der Waals surface area (Å²) in [5.74, 6) is 0.979. The molecule has 0 aromatic heterocycles. The van der Waals surface area contributed by atoms with Crippen LogP contribution in [0.25, 0.3) is 0 Å². The SMILES string of the molecule is CCOc1ccc(C2(C#N)CC(=O)C2)c(C)c1. The monoisotopic (exact) mass is 229 g/mol. The first-order valence-electron chi connectivity index (χ1n) is 5.78. The summed E-state index contributed by atoms with van der Waals surface area (Å²) in [6.07, 6.45) is 0.691. The Morgan fingerprint density at radius 2 is 2.18 bits per heavy atom. The van der Waals surface area contributed by atoms with Crippen LogP contribution in [0, 0.1) is 18.3 Å². The van der Waals surface area contributed by atoms with Gasteiger partial charge < -0.3 is 4.74 Å². The van der Waals surface area contributed by atoms with Crippen molar-refractivity contribution >= 4 is 5.78 Å². The highest BCUT2D eigenvalue weighted by Crippen LogP contribution is 2.42. The zero-order valence-corrected chi connectivity index (χ0v) is 10.1. The molecule has 0 spiro atoms. The second-order valence-electron chi connectivity index (χ2n) is 4.50. The maximum atomic E-state index is 11.2. The number of aryl methyl sites for hydroxylation is 1. The highest BCUT2D eigenvalue weighted by molar-refractivity contribution is 5.90. The third-order valence-corrected chi connectivity index (χ3v) is 3.24. The van der Waals surface area contributed by atoms with Gasteiger partial charge in [0, 0.05) is 12.8 Å². The predicted molar refractivity (Wildman–Crippen MR) is 63.9 cm³/mol. The highest BCUT2D eigenvalue weighted by Gasteiger charge is 2.46. The van der Waals surface area contributed by atoms with Gasteiger partial charge in [0.25, 0.3) is 0 Å². The first kappa shape index (κ1) is 11.7. The van der Waals surface area contributed by atoms with Gasteiger partial charge in [-0.15, -0.1) is 0 Å². The van der Waals surface area contributed by atoms with Crippen LogP contribution in [-0.4, -0.2) is 12.4 Å². The average Bonchev–Trinajstić information content (AvgIpc) is 2.26. The summed E-state index contributed by atoms with van der Waals surface area (Å²) in [6.45, 7) is 4.52. The lowest BCUT2D eigenvalue weighted by molar-refractivity contribution is -0.126. The van der Waals surface area contributed by atoms with Gasteiger partial charge >= 0.3 is 0 Å². The molecule has 17 heavy (non-hydrogen) atoms. The van der Waals surface area contributed by atoms with Crippen LogP contribution in [0.15, 0.2) is 18.2 Å². The van der Waals surface area contributed by atoms with Crippen LogP contribution in [-0.2, 0) is 10.2 Å². The van der Waals surface area contributed by atoms with Crippen molar-refractivity contribution in [3.8, 4) is 11.8 Å². The van der Waals surface area contributed by atoms with Gasteiger partial charge in [0.15, 0.2) is 0 Å². The molecule has 1 aliphatic carbocycles. The Balaban J connectivity index is 2.34. The van der Waals surface area contributed by atoms with Gasteiger partial charge in [0.1, 0.15) is 11.5 Å². The molecule has 0 heterocycles. The Morgan fingerprint density at radius 3 is 2.65 bits per heavy atom. The third-order valence-electron chi connectivity index (χ3n) is 3.24. The van der Waals surface area contributed by atoms with Crippen molar-refractivity contribution in [3.05, 3.63) is 29.3 Å². The van der Waals surface area contributed by atoms with Gasteiger partial charge in [0.2, 0.25) is 0 Å². The largest absolute Gasteiger partial charge is 0.494 e. The summed E-state index contributed by atoms with van der Waals surface area (Å²) < 4.78 is 5.41. The number of nitrogens with zero attached hydrogens (tertiary/aromatic N) is 1. The average molecular weight is 229 g/mol. The molecule has 3 nitrogen and oxygen atoms in total. The van der Waals surface area contributed by atoms with E-state index in [2.05, 4.69) is 6.07 Å². The summed E-state index contributed by atoms with van der Waals surface area (Å²) in [7, 11) is 0. The lowest BCUT2D eigenvalue weighted by Gasteiger charge is -2.35. The van der Waals surface area contributed by atoms with E-state index in [1.165, 1.54) is 0 Å². The normalized spacial score (nSPS) is 17.1. The summed E-state index contributed by atoms with van der Waals surface area (Å²) in [6, 6.07) is 8.00. The Kier molecular flexibility index (Phi) is 2.89. The van der Waals surface area contributed by atoms with Crippen molar-refractivity contribution in [2.24, 2.45) is 0 Å². The third kappa shape index (κ3) is 1.91. The van der Waals surface area contributed by atoms with Crippen LogP contribution in [0.5, 0.6) is 5.75 Å². The molecule has 1 aromatic carbocycles. The van der Waals surface area contributed by atoms with Gasteiger partial charge in [-0.2, -0.15) is 5.26 Å². The number of carbonyl (C=O) groups excluding carboxylic acids is 1. The summed E-state index contributed by atoms with van der Waals surface area (Å²) >= 11 is 0. The number of Topliss-reactive ketones (excluding diaryl/α,β-unsaturated/α-hetero) is 1. The molecule has 88 valence electrons. The van der Waals surface area contributed by atoms with Crippen LogP contribution in [0.4, 0.5) is 0 Å². The summed E-state index contributed by atoms with van der Waals surface area (Å²) in [5, 5.41) is 9.27. The molecule has 0 atom stereocenters. The number of ketones is 1. The predicted octanol–water partition coefficient (Wildman–Crippen LogP) is 2.52. The molecule has 0 radical (unpaired) electrons. The molecular weight excluding hydrogens is 214 g/mol. The second-order valence-corrected chi connectivity index (χ2v) is 4.50. The second kappa shape index (κ2) is 4.21. The number of rotatable bonds is 3. The fraction of sp³-hybridized carbons (Fsp3) is 0.429. The Hall–Kier alpha value is -1.82. The van der Waals surface area contributed by atoms with Crippen molar-refractivity contribution in [2.75, 3.05) is 6.61 Å². The van der Waals surface area contributed by atoms with Gasteiger partial charge in [-0.25, -0.2) is 0 Å². The first-order valence-corrected chi connectivity index (χ1v) is 5.78. The fourth-order valence-corrected chi connectivity index (χ4v) is 2.38. The minimum Gasteiger partial charge on any atom is -0.494 e. The van der Waals surface area contributed by atoms with Crippen LogP contribution in [0.1, 0.15) is 30.9 Å². The summed E-state index contributed by atoms with van der Waals surface area (Å²) in [4.78, 5) is 11.2. The van der Waals surface area contributed by atoms with Crippen LogP contribution < -0.4 is 4.74 Å². The highest BCUT2D eigenvalue weighted by atomic mass is 16.5. The summed E-state index contributed by atoms with van der Waals surface area (Å²) in [5.41, 5.74) is 1.39. The quantitative estimate of drug-likeness (QED) is 0.800. The molecule has 1 aliphatic rings. The van der Waals surface area contributed by atoms with Gasteiger partial charge in [-0.1, -0.05) is 6.07 Å². The lowest BCUT2D eigenvalue weighted by Crippen LogP contribution is -2.40. The van der Waals surface area contributed by atoms with E-state index in [0.29, 0.717) is 19.4 Å². The van der Waals surface area contributed by atoms with E-state index >= 15 is 0 Å². The van der Waals surface area contributed by atoms with E-state index in [9.17, 15) is 10.1 Å². The van der Waals surface area contributed by atoms with E-state index in [1.807, 2.05) is 32.0 Å². The topological polar surface area (TPSA) is 50.1 Å². The molecule has 0 saturated heterocycles. The molecule has 0 amide bonds. The molecule has 1 saturated carbocycles. The number of ether oxygens (including phenoxy) is 1. The Bertz CT molecular complexity index is 491. The molecule has 1 fully saturated rings. The van der Waals surface area contributed by atoms with E-state index in [1.54, 1.807) is 0 Å². The number of hydrogen-bond donors (Lipinski definition) is 0. The first-order chi connectivity index (χ1) is 8.11. The number of carbonyl (C=O) groups is 1. The fourth-order valence-electron chi connectivity index (χ4n) is 2.38. The number of benzene rings is 1. The molecule has 0 aliphatic heterocycles. The Labute approximate surface area is 101 Å². The van der Waals surface area contributed by atoms with Gasteiger partial charge in [-0.05, 0) is 37.1 Å². The van der Waals surface area contributed by atoms with Crippen molar-refractivity contribution in [3.63, 3.8) is 0 Å². The van der Waals surface area contributed by atoms with E-state index in [0.717, 1.165) is 16.9 Å².